The maximum absolute atomic E-state index is 13.7. The third-order valence-electron chi connectivity index (χ3n) is 8.37. The van der Waals surface area contributed by atoms with E-state index in [1.54, 1.807) is 12.1 Å². The van der Waals surface area contributed by atoms with Crippen LogP contribution >= 0.6 is 23.1 Å². The number of hydrogen-bond acceptors (Lipinski definition) is 8. The number of anilines is 1. The lowest BCUT2D eigenvalue weighted by Gasteiger charge is -2.23. The van der Waals surface area contributed by atoms with Gasteiger partial charge in [-0.25, -0.2) is 0 Å². The first kappa shape index (κ1) is 29.3. The minimum atomic E-state index is -0.862. The van der Waals surface area contributed by atoms with Crippen LogP contribution < -0.4 is 9.64 Å². The molecule has 5 aromatic rings. The maximum Gasteiger partial charge on any atom is 0.301 e. The molecule has 0 spiro atoms. The van der Waals surface area contributed by atoms with Crippen molar-refractivity contribution in [2.75, 3.05) is 4.90 Å². The Hall–Kier alpha value is -4.47. The topological polar surface area (TPSA) is 92.6 Å². The van der Waals surface area contributed by atoms with Gasteiger partial charge in [0.2, 0.25) is 5.13 Å². The summed E-state index contributed by atoms with van der Waals surface area (Å²) >= 11 is 2.80. The van der Waals surface area contributed by atoms with Crippen molar-refractivity contribution in [3.63, 3.8) is 0 Å². The van der Waals surface area contributed by atoms with Crippen LogP contribution in [0.2, 0.25) is 0 Å². The number of fused-ring (bicyclic) bond motifs is 2. The molecule has 2 aliphatic heterocycles. The van der Waals surface area contributed by atoms with Crippen LogP contribution in [0.1, 0.15) is 60.5 Å². The highest BCUT2D eigenvalue weighted by Crippen LogP contribution is 2.45. The molecule has 1 aromatic heterocycles. The van der Waals surface area contributed by atoms with Gasteiger partial charge in [0, 0.05) is 17.7 Å². The van der Waals surface area contributed by atoms with Crippen molar-refractivity contribution < 1.29 is 19.4 Å². The van der Waals surface area contributed by atoms with Crippen LogP contribution in [-0.4, -0.2) is 33.1 Å². The Balaban J connectivity index is 1.26. The van der Waals surface area contributed by atoms with E-state index in [9.17, 15) is 14.7 Å². The molecule has 7 rings (SSSR count). The lowest BCUT2D eigenvalue weighted by atomic mass is 9.93. The molecule has 0 saturated carbocycles. The number of aromatic nitrogens is 2. The van der Waals surface area contributed by atoms with Gasteiger partial charge >= 0.3 is 5.91 Å². The molecule has 0 aliphatic carbocycles. The first-order valence-electron chi connectivity index (χ1n) is 14.9. The smallest absolute Gasteiger partial charge is 0.301 e. The van der Waals surface area contributed by atoms with E-state index in [-0.39, 0.29) is 17.4 Å². The molecular formula is C36H31N3O4S2. The number of ketones is 1. The zero-order valence-corrected chi connectivity index (χ0v) is 26.7. The van der Waals surface area contributed by atoms with Crippen LogP contribution in [0.3, 0.4) is 0 Å². The number of aliphatic hydroxyl groups is 1. The summed E-state index contributed by atoms with van der Waals surface area (Å²) in [4.78, 5) is 28.8. The van der Waals surface area contributed by atoms with E-state index in [2.05, 4.69) is 48.3 Å². The second kappa shape index (κ2) is 11.8. The Bertz CT molecular complexity index is 1980. The number of benzene rings is 4. The quantitative estimate of drug-likeness (QED) is 0.0637. The second-order valence-electron chi connectivity index (χ2n) is 11.7. The van der Waals surface area contributed by atoms with Gasteiger partial charge in [-0.1, -0.05) is 104 Å². The summed E-state index contributed by atoms with van der Waals surface area (Å²) < 4.78 is 6.51. The van der Waals surface area contributed by atoms with Gasteiger partial charge in [0.25, 0.3) is 5.78 Å². The predicted octanol–water partition coefficient (Wildman–Crippen LogP) is 8.06. The maximum atomic E-state index is 13.7. The van der Waals surface area contributed by atoms with E-state index >= 15 is 0 Å². The molecule has 226 valence electrons. The monoisotopic (exact) mass is 633 g/mol. The standard InChI is InChI=1S/C36H31N3O4S2/c1-20(2)22-11-13-24(14-12-22)31-30(32(40)25-15-16-29-27(18-25)17-21(3)43-29)33(41)34(42)39(31)35-37-38-36(45-35)44-19-26-9-6-8-23-7-4-5-10-28(23)26/h4-16,18,20-21,31,40H,17,19H2,1-3H3/t21-,31+/m1/s1. The highest BCUT2D eigenvalue weighted by atomic mass is 32.2. The lowest BCUT2D eigenvalue weighted by Crippen LogP contribution is -2.29. The average molecular weight is 634 g/mol. The van der Waals surface area contributed by atoms with Crippen molar-refractivity contribution in [3.8, 4) is 5.75 Å². The number of nitrogens with zero attached hydrogens (tertiary/aromatic N) is 3. The number of rotatable bonds is 7. The number of ether oxygens (including phenoxy) is 1. The molecule has 2 aliphatic rings. The molecular weight excluding hydrogens is 603 g/mol. The van der Waals surface area contributed by atoms with E-state index in [4.69, 9.17) is 4.74 Å². The Morgan fingerprint density at radius 1 is 1.02 bits per heavy atom. The number of amides is 1. The summed E-state index contributed by atoms with van der Waals surface area (Å²) in [6.07, 6.45) is 0.738. The van der Waals surface area contributed by atoms with Gasteiger partial charge in [0.1, 0.15) is 17.6 Å². The molecule has 1 N–H and O–H groups in total. The van der Waals surface area contributed by atoms with E-state index in [0.717, 1.165) is 16.9 Å². The van der Waals surface area contributed by atoms with Gasteiger partial charge in [-0.15, -0.1) is 10.2 Å². The van der Waals surface area contributed by atoms with Gasteiger partial charge in [-0.05, 0) is 64.1 Å². The zero-order valence-electron chi connectivity index (χ0n) is 25.1. The molecule has 1 amide bonds. The summed E-state index contributed by atoms with van der Waals surface area (Å²) in [5, 5.41) is 23.1. The van der Waals surface area contributed by atoms with Gasteiger partial charge in [-0.3, -0.25) is 14.5 Å². The van der Waals surface area contributed by atoms with Crippen LogP contribution in [0.4, 0.5) is 5.13 Å². The first-order chi connectivity index (χ1) is 21.8. The summed E-state index contributed by atoms with van der Waals surface area (Å²) in [6.45, 7) is 6.21. The molecule has 9 heteroatoms. The number of carbonyl (C=O) groups is 2. The summed E-state index contributed by atoms with van der Waals surface area (Å²) in [7, 11) is 0. The van der Waals surface area contributed by atoms with E-state index in [1.807, 2.05) is 55.5 Å². The highest BCUT2D eigenvalue weighted by molar-refractivity contribution is 8.00. The Morgan fingerprint density at radius 3 is 2.60 bits per heavy atom. The minimum absolute atomic E-state index is 0.0318. The molecule has 0 bridgehead atoms. The third kappa shape index (κ3) is 5.40. The van der Waals surface area contributed by atoms with Crippen LogP contribution in [0.15, 0.2) is 94.8 Å². The number of aliphatic hydroxyl groups excluding tert-OH is 1. The van der Waals surface area contributed by atoms with Crippen LogP contribution in [0.5, 0.6) is 5.75 Å². The third-order valence-corrected chi connectivity index (χ3v) is 10.5. The SMILES string of the molecule is CC(C)c1ccc([C@H]2C(=C(O)c3ccc4c(c3)C[C@@H](C)O4)C(=O)C(=O)N2c2nnc(SCc3cccc4ccccc34)s2)cc1. The van der Waals surface area contributed by atoms with Crippen molar-refractivity contribution >= 4 is 56.5 Å². The highest BCUT2D eigenvalue weighted by Gasteiger charge is 2.48. The van der Waals surface area contributed by atoms with E-state index in [0.29, 0.717) is 38.7 Å². The zero-order chi connectivity index (χ0) is 31.2. The van der Waals surface area contributed by atoms with E-state index < -0.39 is 17.7 Å². The normalized spacial score (nSPS) is 19.0. The molecule has 7 nitrogen and oxygen atoms in total. The largest absolute Gasteiger partial charge is 0.507 e. The second-order valence-corrected chi connectivity index (χ2v) is 13.9. The molecule has 1 saturated heterocycles. The average Bonchev–Trinajstić information content (AvgIpc) is 3.74. The first-order valence-corrected chi connectivity index (χ1v) is 16.7. The van der Waals surface area contributed by atoms with Crippen molar-refractivity contribution in [1.29, 1.82) is 0 Å². The Kier molecular flexibility index (Phi) is 7.67. The predicted molar refractivity (Wildman–Crippen MR) is 179 cm³/mol. The van der Waals surface area contributed by atoms with E-state index in [1.165, 1.54) is 44.3 Å². The van der Waals surface area contributed by atoms with Gasteiger partial charge in [-0.2, -0.15) is 0 Å². The van der Waals surface area contributed by atoms with Crippen LogP contribution in [0.25, 0.3) is 16.5 Å². The fraction of sp³-hybridized carbons (Fsp3) is 0.222. The molecule has 0 unspecified atom stereocenters. The number of Topliss-reactive ketones (excluding diaryl/α,β-unsaturated/α-hetero) is 1. The van der Waals surface area contributed by atoms with Crippen molar-refractivity contribution in [1.82, 2.24) is 10.2 Å². The number of hydrogen-bond donors (Lipinski definition) is 1. The molecule has 0 radical (unpaired) electrons. The summed E-state index contributed by atoms with van der Waals surface area (Å²) in [5.74, 6) is 0.0418. The van der Waals surface area contributed by atoms with Crippen molar-refractivity contribution in [2.45, 2.75) is 55.3 Å². The number of thioether (sulfide) groups is 1. The van der Waals surface area contributed by atoms with Gasteiger partial charge in [0.15, 0.2) is 4.34 Å². The lowest BCUT2D eigenvalue weighted by molar-refractivity contribution is -0.132. The van der Waals surface area contributed by atoms with Crippen LogP contribution in [0, 0.1) is 0 Å². The molecule has 45 heavy (non-hydrogen) atoms. The Morgan fingerprint density at radius 2 is 1.80 bits per heavy atom. The fourth-order valence-electron chi connectivity index (χ4n) is 6.05. The molecule has 3 heterocycles. The Labute approximate surface area is 269 Å². The molecule has 1 fully saturated rings. The molecule has 4 aromatic carbocycles. The molecule has 2 atom stereocenters. The minimum Gasteiger partial charge on any atom is -0.507 e. The number of carbonyl (C=O) groups excluding carboxylic acids is 2. The van der Waals surface area contributed by atoms with Crippen molar-refractivity contribution in [2.24, 2.45) is 0 Å². The van der Waals surface area contributed by atoms with Gasteiger partial charge < -0.3 is 9.84 Å². The van der Waals surface area contributed by atoms with Gasteiger partial charge in [0.05, 0.1) is 11.6 Å². The summed E-state index contributed by atoms with van der Waals surface area (Å²) in [6, 6.07) is 26.8. The van der Waals surface area contributed by atoms with Crippen LogP contribution in [-0.2, 0) is 21.8 Å². The van der Waals surface area contributed by atoms with Crippen molar-refractivity contribution in [3.05, 3.63) is 118 Å². The fourth-order valence-corrected chi connectivity index (χ4v) is 7.92. The summed E-state index contributed by atoms with van der Waals surface area (Å²) in [5.41, 5.74) is 4.47.